The van der Waals surface area contributed by atoms with Crippen LogP contribution in [0.25, 0.3) is 11.4 Å². The molecule has 0 aliphatic carbocycles. The number of rotatable bonds is 2. The molecular weight excluding hydrogens is 342 g/mol. The summed E-state index contributed by atoms with van der Waals surface area (Å²) in [5, 5.41) is 8.37. The second-order valence-electron chi connectivity index (χ2n) is 5.47. The van der Waals surface area contributed by atoms with Crippen LogP contribution in [0.4, 0.5) is 0 Å². The lowest BCUT2D eigenvalue weighted by Gasteiger charge is -2.15. The van der Waals surface area contributed by atoms with Gasteiger partial charge in [0, 0.05) is 22.1 Å². The first-order valence-corrected chi connectivity index (χ1v) is 7.93. The minimum Gasteiger partial charge on any atom is -0.339 e. The van der Waals surface area contributed by atoms with Gasteiger partial charge in [-0.15, -0.1) is 0 Å². The number of hydrogen-bond acceptors (Lipinski definition) is 4. The standard InChI is InChI=1S/C14H13BrClN3O/c15-10-5-7(1-3-11(10)16)13-18-14(20-19-13)9-6-8-2-4-12(9)17-8/h1,3,5,8-9,12,17H,2,4,6H2. The van der Waals surface area contributed by atoms with Gasteiger partial charge in [0.05, 0.1) is 10.9 Å². The molecule has 6 heteroatoms. The summed E-state index contributed by atoms with van der Waals surface area (Å²) in [4.78, 5) is 4.57. The Labute approximate surface area is 130 Å². The third-order valence-corrected chi connectivity index (χ3v) is 5.45. The molecule has 0 saturated carbocycles. The van der Waals surface area contributed by atoms with Crippen molar-refractivity contribution < 1.29 is 4.52 Å². The van der Waals surface area contributed by atoms with Crippen molar-refractivity contribution in [2.24, 2.45) is 0 Å². The average Bonchev–Trinajstić information content (AvgIpc) is 3.16. The van der Waals surface area contributed by atoms with Crippen molar-refractivity contribution in [3.05, 3.63) is 33.6 Å². The molecule has 3 atom stereocenters. The van der Waals surface area contributed by atoms with Gasteiger partial charge in [0.2, 0.25) is 11.7 Å². The molecule has 4 nitrogen and oxygen atoms in total. The van der Waals surface area contributed by atoms with Gasteiger partial charge in [-0.2, -0.15) is 4.98 Å². The number of halogens is 2. The van der Waals surface area contributed by atoms with Gasteiger partial charge >= 0.3 is 0 Å². The lowest BCUT2D eigenvalue weighted by Crippen LogP contribution is -2.21. The number of hydrogen-bond donors (Lipinski definition) is 1. The van der Waals surface area contributed by atoms with Crippen molar-refractivity contribution in [1.29, 1.82) is 0 Å². The van der Waals surface area contributed by atoms with Crippen molar-refractivity contribution in [3.63, 3.8) is 0 Å². The first-order chi connectivity index (χ1) is 9.70. The highest BCUT2D eigenvalue weighted by Crippen LogP contribution is 2.39. The molecule has 2 aliphatic heterocycles. The number of nitrogens with zero attached hydrogens (tertiary/aromatic N) is 2. The average molecular weight is 355 g/mol. The largest absolute Gasteiger partial charge is 0.339 e. The summed E-state index contributed by atoms with van der Waals surface area (Å²) in [5.41, 5.74) is 0.910. The lowest BCUT2D eigenvalue weighted by molar-refractivity contribution is 0.329. The van der Waals surface area contributed by atoms with Crippen molar-refractivity contribution in [2.75, 3.05) is 0 Å². The maximum Gasteiger partial charge on any atom is 0.231 e. The van der Waals surface area contributed by atoms with E-state index in [1.807, 2.05) is 18.2 Å². The van der Waals surface area contributed by atoms with Crippen LogP contribution in [0, 0.1) is 0 Å². The van der Waals surface area contributed by atoms with Crippen LogP contribution in [0.1, 0.15) is 31.1 Å². The van der Waals surface area contributed by atoms with Crippen LogP contribution < -0.4 is 5.32 Å². The van der Waals surface area contributed by atoms with Gasteiger partial charge in [-0.25, -0.2) is 0 Å². The highest BCUT2D eigenvalue weighted by molar-refractivity contribution is 9.10. The molecule has 2 bridgehead atoms. The molecule has 1 N–H and O–H groups in total. The Bertz CT molecular complexity index is 660. The number of aromatic nitrogens is 2. The third kappa shape index (κ3) is 2.08. The van der Waals surface area contributed by atoms with Crippen LogP contribution in [-0.4, -0.2) is 22.2 Å². The second kappa shape index (κ2) is 4.83. The number of fused-ring (bicyclic) bond motifs is 2. The third-order valence-electron chi connectivity index (χ3n) is 4.24. The molecule has 0 amide bonds. The zero-order valence-electron chi connectivity index (χ0n) is 10.6. The van der Waals surface area contributed by atoms with E-state index in [0.717, 1.165) is 22.3 Å². The lowest BCUT2D eigenvalue weighted by atomic mass is 9.89. The molecule has 3 unspecified atom stereocenters. The molecule has 4 rings (SSSR count). The zero-order valence-corrected chi connectivity index (χ0v) is 13.0. The highest BCUT2D eigenvalue weighted by atomic mass is 79.9. The fourth-order valence-corrected chi connectivity index (χ4v) is 3.73. The van der Waals surface area contributed by atoms with E-state index in [0.29, 0.717) is 28.8 Å². The molecule has 0 spiro atoms. The first kappa shape index (κ1) is 12.8. The van der Waals surface area contributed by atoms with Crippen LogP contribution in [0.15, 0.2) is 27.2 Å². The van der Waals surface area contributed by atoms with Crippen molar-refractivity contribution in [1.82, 2.24) is 15.5 Å². The fraction of sp³-hybridized carbons (Fsp3) is 0.429. The van der Waals surface area contributed by atoms with E-state index < -0.39 is 0 Å². The summed E-state index contributed by atoms with van der Waals surface area (Å²) >= 11 is 9.42. The maximum absolute atomic E-state index is 6.00. The maximum atomic E-state index is 6.00. The zero-order chi connectivity index (χ0) is 13.7. The van der Waals surface area contributed by atoms with Crippen LogP contribution >= 0.6 is 27.5 Å². The molecule has 104 valence electrons. The van der Waals surface area contributed by atoms with E-state index in [1.165, 1.54) is 12.8 Å². The van der Waals surface area contributed by atoms with Gasteiger partial charge in [0.1, 0.15) is 0 Å². The second-order valence-corrected chi connectivity index (χ2v) is 6.74. The Morgan fingerprint density at radius 3 is 2.95 bits per heavy atom. The van der Waals surface area contributed by atoms with Gasteiger partial charge in [-0.3, -0.25) is 0 Å². The molecule has 2 fully saturated rings. The molecule has 1 aromatic carbocycles. The highest BCUT2D eigenvalue weighted by Gasteiger charge is 2.42. The Hall–Kier alpha value is -0.910. The first-order valence-electron chi connectivity index (χ1n) is 6.76. The van der Waals surface area contributed by atoms with Gasteiger partial charge in [0.15, 0.2) is 0 Å². The van der Waals surface area contributed by atoms with E-state index in [-0.39, 0.29) is 0 Å². The van der Waals surface area contributed by atoms with Crippen LogP contribution in [0.3, 0.4) is 0 Å². The number of benzene rings is 1. The topological polar surface area (TPSA) is 51.0 Å². The molecule has 0 radical (unpaired) electrons. The monoisotopic (exact) mass is 353 g/mol. The van der Waals surface area contributed by atoms with E-state index in [4.69, 9.17) is 16.1 Å². The molecular formula is C14H13BrClN3O. The van der Waals surface area contributed by atoms with Crippen LogP contribution in [-0.2, 0) is 0 Å². The summed E-state index contributed by atoms with van der Waals surface area (Å²) in [6, 6.07) is 6.78. The van der Waals surface area contributed by atoms with Gasteiger partial charge in [-0.1, -0.05) is 16.8 Å². The van der Waals surface area contributed by atoms with Gasteiger partial charge in [-0.05, 0) is 53.4 Å². The van der Waals surface area contributed by atoms with Crippen molar-refractivity contribution in [2.45, 2.75) is 37.3 Å². The predicted octanol–water partition coefficient (Wildman–Crippen LogP) is 3.76. The SMILES string of the molecule is Clc1ccc(-c2noc(C3CC4CCC3N4)n2)cc1Br. The van der Waals surface area contributed by atoms with Crippen molar-refractivity contribution >= 4 is 27.5 Å². The minimum atomic E-state index is 0.366. The molecule has 1 aromatic heterocycles. The van der Waals surface area contributed by atoms with Crippen LogP contribution in [0.5, 0.6) is 0 Å². The Morgan fingerprint density at radius 1 is 1.35 bits per heavy atom. The fourth-order valence-electron chi connectivity index (χ4n) is 3.24. The molecule has 2 aliphatic rings. The quantitative estimate of drug-likeness (QED) is 0.892. The van der Waals surface area contributed by atoms with E-state index in [1.54, 1.807) is 0 Å². The minimum absolute atomic E-state index is 0.366. The normalized spacial score (nSPS) is 28.2. The molecule has 2 saturated heterocycles. The molecule has 2 aromatic rings. The summed E-state index contributed by atoms with van der Waals surface area (Å²) in [7, 11) is 0. The van der Waals surface area contributed by atoms with E-state index in [2.05, 4.69) is 31.4 Å². The smallest absolute Gasteiger partial charge is 0.231 e. The Kier molecular flexibility index (Phi) is 3.09. The van der Waals surface area contributed by atoms with Crippen molar-refractivity contribution in [3.8, 4) is 11.4 Å². The van der Waals surface area contributed by atoms with E-state index >= 15 is 0 Å². The summed E-state index contributed by atoms with van der Waals surface area (Å²) < 4.78 is 6.31. The van der Waals surface area contributed by atoms with Gasteiger partial charge < -0.3 is 9.84 Å². The van der Waals surface area contributed by atoms with E-state index in [9.17, 15) is 0 Å². The molecule has 3 heterocycles. The number of nitrogens with one attached hydrogen (secondary N) is 1. The summed E-state index contributed by atoms with van der Waals surface area (Å²) in [5.74, 6) is 1.75. The Balaban J connectivity index is 1.63. The Morgan fingerprint density at radius 2 is 2.25 bits per heavy atom. The molecule has 20 heavy (non-hydrogen) atoms. The van der Waals surface area contributed by atoms with Crippen LogP contribution in [0.2, 0.25) is 5.02 Å². The summed E-state index contributed by atoms with van der Waals surface area (Å²) in [6.07, 6.45) is 3.59. The predicted molar refractivity (Wildman–Crippen MR) is 79.7 cm³/mol. The van der Waals surface area contributed by atoms with Gasteiger partial charge in [0.25, 0.3) is 0 Å². The summed E-state index contributed by atoms with van der Waals surface area (Å²) in [6.45, 7) is 0.